The maximum absolute atomic E-state index is 12.9. The van der Waals surface area contributed by atoms with Gasteiger partial charge in [-0.2, -0.15) is 5.26 Å². The van der Waals surface area contributed by atoms with Gasteiger partial charge in [0.2, 0.25) is 15.9 Å². The highest BCUT2D eigenvalue weighted by Crippen LogP contribution is 2.41. The Morgan fingerprint density at radius 3 is 2.82 bits per heavy atom. The predicted octanol–water partition coefficient (Wildman–Crippen LogP) is 3.90. The number of rotatable bonds is 8. The first-order valence-electron chi connectivity index (χ1n) is 12.9. The summed E-state index contributed by atoms with van der Waals surface area (Å²) in [5.74, 6) is -0.421. The van der Waals surface area contributed by atoms with Gasteiger partial charge in [-0.15, -0.1) is 11.3 Å². The van der Waals surface area contributed by atoms with Gasteiger partial charge in [0.05, 0.1) is 29.8 Å². The molecule has 1 unspecified atom stereocenters. The maximum Gasteiger partial charge on any atom is 0.239 e. The number of thiazole rings is 1. The molecule has 0 saturated carbocycles. The lowest BCUT2D eigenvalue weighted by molar-refractivity contribution is -0.132. The molecule has 1 saturated heterocycles. The van der Waals surface area contributed by atoms with Crippen LogP contribution in [0, 0.1) is 11.3 Å². The number of carbonyl (C=O) groups is 1. The van der Waals surface area contributed by atoms with E-state index in [1.54, 1.807) is 12.1 Å². The molecule has 2 aliphatic rings. The summed E-state index contributed by atoms with van der Waals surface area (Å²) in [6.07, 6.45) is 3.11. The van der Waals surface area contributed by atoms with Crippen LogP contribution >= 0.6 is 11.3 Å². The van der Waals surface area contributed by atoms with Crippen molar-refractivity contribution in [1.29, 1.82) is 5.26 Å². The number of nitrogens with zero attached hydrogens (tertiary/aromatic N) is 3. The van der Waals surface area contributed by atoms with Crippen LogP contribution in [0.5, 0.6) is 5.75 Å². The smallest absolute Gasteiger partial charge is 0.239 e. The molecule has 1 N–H and O–H groups in total. The number of hydrogen-bond donors (Lipinski definition) is 1. The molecule has 1 fully saturated rings. The Balaban J connectivity index is 1.33. The molecule has 0 bridgehead atoms. The first-order chi connectivity index (χ1) is 18.7. The summed E-state index contributed by atoms with van der Waals surface area (Å²) in [4.78, 5) is 19.6. The zero-order chi connectivity index (χ0) is 27.6. The first kappa shape index (κ1) is 27.3. The van der Waals surface area contributed by atoms with E-state index in [2.05, 4.69) is 15.8 Å². The van der Waals surface area contributed by atoms with Gasteiger partial charge in [0, 0.05) is 30.9 Å². The zero-order valence-corrected chi connectivity index (χ0v) is 23.5. The van der Waals surface area contributed by atoms with Gasteiger partial charge in [-0.3, -0.25) is 4.79 Å². The number of carbonyl (C=O) groups excluding carboxylic acids is 1. The molecule has 0 radical (unpaired) electrons. The number of morpholine rings is 1. The van der Waals surface area contributed by atoms with E-state index in [1.165, 1.54) is 16.2 Å². The second kappa shape index (κ2) is 11.4. The van der Waals surface area contributed by atoms with Crippen LogP contribution in [0.3, 0.4) is 0 Å². The Morgan fingerprint density at radius 2 is 2.08 bits per heavy atom. The lowest BCUT2D eigenvalue weighted by Crippen LogP contribution is -2.45. The van der Waals surface area contributed by atoms with E-state index in [9.17, 15) is 18.5 Å². The molecule has 1 atom stereocenters. The summed E-state index contributed by atoms with van der Waals surface area (Å²) in [7, 11) is -3.81. The van der Waals surface area contributed by atoms with Gasteiger partial charge in [-0.25, -0.2) is 18.1 Å². The van der Waals surface area contributed by atoms with Crippen LogP contribution in [-0.4, -0.2) is 62.4 Å². The van der Waals surface area contributed by atoms with E-state index >= 15 is 0 Å². The maximum atomic E-state index is 12.9. The molecule has 2 heterocycles. The fourth-order valence-corrected chi connectivity index (χ4v) is 7.21. The second-order valence-corrected chi connectivity index (χ2v) is 12.6. The van der Waals surface area contributed by atoms with Crippen LogP contribution in [-0.2, 0) is 26.0 Å². The van der Waals surface area contributed by atoms with Crippen molar-refractivity contribution in [3.63, 3.8) is 0 Å². The van der Waals surface area contributed by atoms with Gasteiger partial charge in [0.25, 0.3) is 0 Å². The van der Waals surface area contributed by atoms with Crippen LogP contribution in [0.1, 0.15) is 43.0 Å². The number of benzene rings is 2. The monoisotopic (exact) mass is 566 g/mol. The van der Waals surface area contributed by atoms with Crippen molar-refractivity contribution < 1.29 is 22.7 Å². The van der Waals surface area contributed by atoms with Crippen LogP contribution in [0.4, 0.5) is 0 Å². The van der Waals surface area contributed by atoms with Crippen molar-refractivity contribution in [3.05, 3.63) is 59.3 Å². The summed E-state index contributed by atoms with van der Waals surface area (Å²) in [5.41, 5.74) is 4.32. The molecule has 2 aromatic carbocycles. The average Bonchev–Trinajstić information content (AvgIpc) is 3.56. The number of nitrogens with one attached hydrogen (secondary N) is 1. The van der Waals surface area contributed by atoms with Crippen LogP contribution < -0.4 is 9.46 Å². The topological polar surface area (TPSA) is 122 Å². The molecular formula is C28H30N4O5S2. The number of amides is 1. The van der Waals surface area contributed by atoms with E-state index in [4.69, 9.17) is 9.47 Å². The molecular weight excluding hydrogens is 536 g/mol. The Kier molecular flexibility index (Phi) is 8.00. The molecule has 1 aliphatic carbocycles. The van der Waals surface area contributed by atoms with Crippen molar-refractivity contribution >= 4 is 27.3 Å². The summed E-state index contributed by atoms with van der Waals surface area (Å²) in [5, 5.41) is 10.4. The quantitative estimate of drug-likeness (QED) is 0.439. The molecule has 11 heteroatoms. The minimum atomic E-state index is -3.81. The van der Waals surface area contributed by atoms with Gasteiger partial charge in [0.15, 0.2) is 0 Å². The largest absolute Gasteiger partial charge is 0.490 e. The van der Waals surface area contributed by atoms with Crippen molar-refractivity contribution in [2.75, 3.05) is 32.1 Å². The van der Waals surface area contributed by atoms with Gasteiger partial charge >= 0.3 is 0 Å². The third-order valence-electron chi connectivity index (χ3n) is 6.75. The number of sulfonamides is 1. The predicted molar refractivity (Wildman–Crippen MR) is 149 cm³/mol. The van der Waals surface area contributed by atoms with Crippen LogP contribution in [0.25, 0.3) is 21.0 Å². The minimum Gasteiger partial charge on any atom is -0.490 e. The van der Waals surface area contributed by atoms with Crippen LogP contribution in [0.15, 0.2) is 42.6 Å². The highest BCUT2D eigenvalue weighted by molar-refractivity contribution is 7.90. The Bertz CT molecular complexity index is 1520. The Hall–Kier alpha value is -3.30. The van der Waals surface area contributed by atoms with Crippen molar-refractivity contribution in [2.24, 2.45) is 0 Å². The minimum absolute atomic E-state index is 0.0341. The fourth-order valence-electron chi connectivity index (χ4n) is 4.97. The highest BCUT2D eigenvalue weighted by Gasteiger charge is 2.31. The molecule has 5 rings (SSSR count). The third-order valence-corrected chi connectivity index (χ3v) is 9.10. The summed E-state index contributed by atoms with van der Waals surface area (Å²) < 4.78 is 39.5. The third kappa shape index (κ3) is 6.15. The molecule has 1 aromatic heterocycles. The van der Waals surface area contributed by atoms with Gasteiger partial charge in [-0.1, -0.05) is 18.2 Å². The van der Waals surface area contributed by atoms with E-state index < -0.39 is 21.7 Å². The highest BCUT2D eigenvalue weighted by atomic mass is 32.2. The van der Waals surface area contributed by atoms with Crippen molar-refractivity contribution in [2.45, 2.75) is 38.8 Å². The van der Waals surface area contributed by atoms with Gasteiger partial charge in [-0.05, 0) is 61.6 Å². The molecule has 9 nitrogen and oxygen atoms in total. The van der Waals surface area contributed by atoms with Crippen molar-refractivity contribution in [1.82, 2.24) is 14.6 Å². The Morgan fingerprint density at radius 1 is 1.28 bits per heavy atom. The zero-order valence-electron chi connectivity index (χ0n) is 21.8. The SMILES string of the molecule is CC(C)Oc1ccc(-c2ncc(-c3cccc4c3CCC4NS(=O)(=O)CC(=O)N3CCOCC3)s2)cc1C#N. The van der Waals surface area contributed by atoms with Crippen LogP contribution in [0.2, 0.25) is 0 Å². The van der Waals surface area contributed by atoms with E-state index in [0.29, 0.717) is 50.5 Å². The molecule has 0 spiro atoms. The molecule has 3 aromatic rings. The summed E-state index contributed by atoms with van der Waals surface area (Å²) >= 11 is 1.52. The summed E-state index contributed by atoms with van der Waals surface area (Å²) in [6.45, 7) is 5.51. The number of aromatic nitrogens is 1. The average molecular weight is 567 g/mol. The van der Waals surface area contributed by atoms with Gasteiger partial charge in [0.1, 0.15) is 22.6 Å². The number of fused-ring (bicyclic) bond motifs is 1. The fraction of sp³-hybridized carbons (Fsp3) is 0.393. The van der Waals surface area contributed by atoms with E-state index in [0.717, 1.165) is 32.1 Å². The van der Waals surface area contributed by atoms with Gasteiger partial charge < -0.3 is 14.4 Å². The Labute approximate surface area is 232 Å². The second-order valence-electron chi connectivity index (χ2n) is 9.85. The number of hydrogen-bond acceptors (Lipinski definition) is 8. The van der Waals surface area contributed by atoms with E-state index in [1.807, 2.05) is 44.3 Å². The lowest BCUT2D eigenvalue weighted by Gasteiger charge is -2.27. The first-order valence-corrected chi connectivity index (χ1v) is 15.4. The van der Waals surface area contributed by atoms with Crippen molar-refractivity contribution in [3.8, 4) is 32.8 Å². The molecule has 39 heavy (non-hydrogen) atoms. The standard InChI is InChI=1S/C28H30N4O5S2/c1-18(2)37-25-9-6-19(14-20(25)15-29)28-30-16-26(38-28)23-5-3-4-22-21(23)7-8-24(22)31-39(34,35)17-27(33)32-10-12-36-13-11-32/h3-6,9,14,16,18,24,31H,7-8,10-13,17H2,1-2H3. The lowest BCUT2D eigenvalue weighted by atomic mass is 10.0. The number of nitriles is 1. The molecule has 204 valence electrons. The van der Waals surface area contributed by atoms with E-state index in [-0.39, 0.29) is 12.1 Å². The molecule has 1 aliphatic heterocycles. The molecule has 1 amide bonds. The number of ether oxygens (including phenoxy) is 2. The normalized spacial score (nSPS) is 17.2. The summed E-state index contributed by atoms with van der Waals surface area (Å²) in [6, 6.07) is 13.2.